The third-order valence-corrected chi connectivity index (χ3v) is 6.31. The zero-order valence-electron chi connectivity index (χ0n) is 15.1. The first-order chi connectivity index (χ1) is 12.6. The second-order valence-corrected chi connectivity index (χ2v) is 8.40. The maximum absolute atomic E-state index is 12.2. The second-order valence-electron chi connectivity index (χ2n) is 6.95. The van der Waals surface area contributed by atoms with Gasteiger partial charge in [-0.2, -0.15) is 0 Å². The lowest BCUT2D eigenvalue weighted by atomic mass is 10.0. The Labute approximate surface area is 165 Å². The lowest BCUT2D eigenvalue weighted by molar-refractivity contribution is -0.918. The van der Waals surface area contributed by atoms with Crippen LogP contribution in [-0.2, 0) is 11.3 Å². The Morgan fingerprint density at radius 1 is 1.15 bits per heavy atom. The van der Waals surface area contributed by atoms with Crippen LogP contribution in [0.25, 0.3) is 0 Å². The number of benzene rings is 2. The molecule has 0 spiro atoms. The summed E-state index contributed by atoms with van der Waals surface area (Å²) in [5.41, 5.74) is 2.55. The van der Waals surface area contributed by atoms with E-state index in [1.807, 2.05) is 24.3 Å². The van der Waals surface area contributed by atoms with Crippen LogP contribution in [-0.4, -0.2) is 30.8 Å². The lowest BCUT2D eigenvalue weighted by Crippen LogP contribution is -3.12. The molecule has 0 unspecified atom stereocenters. The van der Waals surface area contributed by atoms with Crippen LogP contribution in [0.1, 0.15) is 24.0 Å². The van der Waals surface area contributed by atoms with E-state index in [1.54, 1.807) is 16.7 Å². The molecule has 1 aliphatic rings. The maximum atomic E-state index is 12.2. The van der Waals surface area contributed by atoms with Gasteiger partial charge in [-0.15, -0.1) is 11.8 Å². The molecule has 2 aromatic rings. The van der Waals surface area contributed by atoms with E-state index in [2.05, 4.69) is 36.5 Å². The largest absolute Gasteiger partial charge is 0.352 e. The van der Waals surface area contributed by atoms with Crippen LogP contribution in [0.3, 0.4) is 0 Å². The van der Waals surface area contributed by atoms with E-state index in [0.717, 1.165) is 37.5 Å². The number of amides is 1. The van der Waals surface area contributed by atoms with Crippen LogP contribution in [0.5, 0.6) is 0 Å². The molecule has 1 heterocycles. The molecule has 26 heavy (non-hydrogen) atoms. The van der Waals surface area contributed by atoms with Crippen molar-refractivity contribution < 1.29 is 9.69 Å². The molecule has 1 aliphatic heterocycles. The van der Waals surface area contributed by atoms with Crippen molar-refractivity contribution in [3.05, 3.63) is 64.7 Å². The highest BCUT2D eigenvalue weighted by molar-refractivity contribution is 8.00. The highest BCUT2D eigenvalue weighted by Crippen LogP contribution is 2.21. The van der Waals surface area contributed by atoms with Crippen LogP contribution >= 0.6 is 23.4 Å². The molecular weight excluding hydrogens is 364 g/mol. The molecule has 138 valence electrons. The fourth-order valence-corrected chi connectivity index (χ4v) is 4.34. The Bertz CT molecular complexity index is 727. The molecule has 5 heteroatoms. The van der Waals surface area contributed by atoms with Gasteiger partial charge in [0, 0.05) is 34.4 Å². The van der Waals surface area contributed by atoms with Crippen LogP contribution in [0.2, 0.25) is 5.02 Å². The van der Waals surface area contributed by atoms with E-state index in [0.29, 0.717) is 11.8 Å². The molecule has 0 aromatic heterocycles. The van der Waals surface area contributed by atoms with Crippen LogP contribution in [0.15, 0.2) is 53.4 Å². The minimum atomic E-state index is 0.143. The summed E-state index contributed by atoms with van der Waals surface area (Å²) in [5.74, 6) is 0.632. The summed E-state index contributed by atoms with van der Waals surface area (Å²) in [4.78, 5) is 15.0. The van der Waals surface area contributed by atoms with Crippen molar-refractivity contribution in [3.63, 3.8) is 0 Å². The zero-order chi connectivity index (χ0) is 18.4. The molecule has 2 aromatic carbocycles. The number of hydrogen-bond acceptors (Lipinski definition) is 2. The Kier molecular flexibility index (Phi) is 7.00. The monoisotopic (exact) mass is 389 g/mol. The van der Waals surface area contributed by atoms with E-state index in [-0.39, 0.29) is 5.91 Å². The number of quaternary nitrogens is 1. The Balaban J connectivity index is 1.38. The molecule has 0 atom stereocenters. The highest BCUT2D eigenvalue weighted by atomic mass is 35.5. The average Bonchev–Trinajstić information content (AvgIpc) is 2.64. The predicted molar refractivity (Wildman–Crippen MR) is 109 cm³/mol. The van der Waals surface area contributed by atoms with Gasteiger partial charge >= 0.3 is 0 Å². The van der Waals surface area contributed by atoms with E-state index in [9.17, 15) is 4.79 Å². The van der Waals surface area contributed by atoms with Gasteiger partial charge in [0.1, 0.15) is 6.54 Å². The second kappa shape index (κ2) is 9.45. The van der Waals surface area contributed by atoms with Crippen molar-refractivity contribution in [2.75, 3.05) is 18.8 Å². The van der Waals surface area contributed by atoms with E-state index in [1.165, 1.54) is 16.0 Å². The summed E-state index contributed by atoms with van der Waals surface area (Å²) in [5, 5.41) is 4.00. The molecule has 1 saturated heterocycles. The smallest absolute Gasteiger partial charge is 0.230 e. The minimum Gasteiger partial charge on any atom is -0.352 e. The summed E-state index contributed by atoms with van der Waals surface area (Å²) in [6.07, 6.45) is 2.09. The summed E-state index contributed by atoms with van der Waals surface area (Å²) in [6, 6.07) is 16.6. The first-order valence-corrected chi connectivity index (χ1v) is 10.5. The van der Waals surface area contributed by atoms with E-state index in [4.69, 9.17) is 11.6 Å². The van der Waals surface area contributed by atoms with Gasteiger partial charge in [0.05, 0.1) is 18.8 Å². The predicted octanol–water partition coefficient (Wildman–Crippen LogP) is 3.10. The summed E-state index contributed by atoms with van der Waals surface area (Å²) < 4.78 is 0. The number of hydrogen-bond donors (Lipinski definition) is 2. The Hall–Kier alpha value is -1.49. The van der Waals surface area contributed by atoms with Gasteiger partial charge in [0.2, 0.25) is 5.91 Å². The molecule has 3 rings (SSSR count). The molecular formula is C21H26ClN2OS+. The van der Waals surface area contributed by atoms with E-state index < -0.39 is 0 Å². The number of rotatable bonds is 6. The van der Waals surface area contributed by atoms with Crippen molar-refractivity contribution >= 4 is 29.3 Å². The van der Waals surface area contributed by atoms with Gasteiger partial charge in [-0.1, -0.05) is 41.9 Å². The van der Waals surface area contributed by atoms with Crippen molar-refractivity contribution in [1.29, 1.82) is 0 Å². The topological polar surface area (TPSA) is 33.5 Å². The third kappa shape index (κ3) is 5.76. The molecule has 1 amide bonds. The SMILES string of the molecule is Cc1ccccc1SCC(=O)NC1CC[NH+](Cc2ccc(Cl)cc2)CC1. The Morgan fingerprint density at radius 2 is 1.85 bits per heavy atom. The maximum Gasteiger partial charge on any atom is 0.230 e. The lowest BCUT2D eigenvalue weighted by Gasteiger charge is -2.29. The summed E-state index contributed by atoms with van der Waals surface area (Å²) >= 11 is 7.57. The van der Waals surface area contributed by atoms with E-state index >= 15 is 0 Å². The molecule has 0 saturated carbocycles. The van der Waals surface area contributed by atoms with Crippen LogP contribution < -0.4 is 10.2 Å². The fraction of sp³-hybridized carbons (Fsp3) is 0.381. The standard InChI is InChI=1S/C21H25ClN2OS/c1-16-4-2-3-5-20(16)26-15-21(25)23-19-10-12-24(13-11-19)14-17-6-8-18(22)9-7-17/h2-9,19H,10-15H2,1H3,(H,23,25)/p+1. The zero-order valence-corrected chi connectivity index (χ0v) is 16.7. The number of carbonyl (C=O) groups is 1. The van der Waals surface area contributed by atoms with Crippen molar-refractivity contribution in [2.24, 2.45) is 0 Å². The molecule has 0 radical (unpaired) electrons. The van der Waals surface area contributed by atoms with Crippen molar-refractivity contribution in [1.82, 2.24) is 5.32 Å². The highest BCUT2D eigenvalue weighted by Gasteiger charge is 2.23. The average molecular weight is 390 g/mol. The number of halogens is 1. The number of aryl methyl sites for hydroxylation is 1. The Morgan fingerprint density at radius 3 is 2.54 bits per heavy atom. The number of piperidine rings is 1. The van der Waals surface area contributed by atoms with Crippen molar-refractivity contribution in [3.8, 4) is 0 Å². The minimum absolute atomic E-state index is 0.143. The first-order valence-electron chi connectivity index (χ1n) is 9.16. The third-order valence-electron chi connectivity index (χ3n) is 4.88. The van der Waals surface area contributed by atoms with Gasteiger partial charge in [0.25, 0.3) is 0 Å². The number of likely N-dealkylation sites (tertiary alicyclic amines) is 1. The first kappa shape index (κ1) is 19.3. The van der Waals surface area contributed by atoms with Gasteiger partial charge < -0.3 is 10.2 Å². The van der Waals surface area contributed by atoms with Crippen LogP contribution in [0, 0.1) is 6.92 Å². The van der Waals surface area contributed by atoms with Gasteiger partial charge in [-0.3, -0.25) is 4.79 Å². The van der Waals surface area contributed by atoms with Gasteiger partial charge in [0.15, 0.2) is 0 Å². The number of thioether (sulfide) groups is 1. The fourth-order valence-electron chi connectivity index (χ4n) is 3.37. The van der Waals surface area contributed by atoms with Crippen LogP contribution in [0.4, 0.5) is 0 Å². The molecule has 0 bridgehead atoms. The number of carbonyl (C=O) groups excluding carboxylic acids is 1. The summed E-state index contributed by atoms with van der Waals surface area (Å²) in [6.45, 7) is 5.30. The van der Waals surface area contributed by atoms with Crippen molar-refractivity contribution in [2.45, 2.75) is 37.2 Å². The van der Waals surface area contributed by atoms with Gasteiger partial charge in [-0.05, 0) is 30.7 Å². The quantitative estimate of drug-likeness (QED) is 0.744. The normalized spacial score (nSPS) is 19.9. The van der Waals surface area contributed by atoms with Gasteiger partial charge in [-0.25, -0.2) is 0 Å². The molecule has 0 aliphatic carbocycles. The molecule has 2 N–H and O–H groups in total. The number of nitrogens with one attached hydrogen (secondary N) is 2. The molecule has 3 nitrogen and oxygen atoms in total. The summed E-state index contributed by atoms with van der Waals surface area (Å²) in [7, 11) is 0. The molecule has 1 fully saturated rings.